The Bertz CT molecular complexity index is 282. The zero-order valence-corrected chi connectivity index (χ0v) is 9.69. The van der Waals surface area contributed by atoms with Gasteiger partial charge in [-0.25, -0.2) is 0 Å². The van der Waals surface area contributed by atoms with Gasteiger partial charge in [0, 0.05) is 12.8 Å². The summed E-state index contributed by atoms with van der Waals surface area (Å²) in [5, 5.41) is 0. The van der Waals surface area contributed by atoms with Crippen molar-refractivity contribution >= 4 is 10.1 Å². The van der Waals surface area contributed by atoms with Crippen LogP contribution in [0.25, 0.3) is 0 Å². The van der Waals surface area contributed by atoms with E-state index >= 15 is 0 Å². The van der Waals surface area contributed by atoms with Crippen LogP contribution in [0.3, 0.4) is 0 Å². The molecule has 4 heteroatoms. The summed E-state index contributed by atoms with van der Waals surface area (Å²) in [6.07, 6.45) is 5.66. The maximum Gasteiger partial charge on any atom is 0.264 e. The van der Waals surface area contributed by atoms with Gasteiger partial charge in [0.15, 0.2) is 0 Å². The summed E-state index contributed by atoms with van der Waals surface area (Å²) in [5.41, 5.74) is 0. The van der Waals surface area contributed by atoms with E-state index < -0.39 is 10.1 Å². The van der Waals surface area contributed by atoms with Gasteiger partial charge in [0.1, 0.15) is 0 Å². The molecule has 0 aliphatic carbocycles. The number of hydrogen-bond donors (Lipinski definition) is 0. The van der Waals surface area contributed by atoms with Crippen molar-refractivity contribution in [3.63, 3.8) is 0 Å². The third-order valence-corrected chi connectivity index (χ3v) is 2.12. The fourth-order valence-electron chi connectivity index (χ4n) is 0.813. The average Bonchev–Trinajstić information content (AvgIpc) is 2.08. The molecule has 0 aromatic carbocycles. The molecule has 0 N–H and O–H groups in total. The summed E-state index contributed by atoms with van der Waals surface area (Å²) in [5.74, 6) is 6.01. The van der Waals surface area contributed by atoms with Gasteiger partial charge in [-0.3, -0.25) is 4.18 Å². The van der Waals surface area contributed by atoms with Gasteiger partial charge in [-0.15, -0.1) is 11.8 Å². The molecule has 0 heterocycles. The molecule has 0 saturated carbocycles. The molecule has 0 unspecified atom stereocenters. The second kappa shape index (κ2) is 7.84. The van der Waals surface area contributed by atoms with Crippen molar-refractivity contribution in [3.8, 4) is 11.8 Å². The first-order valence-corrected chi connectivity index (χ1v) is 6.68. The summed E-state index contributed by atoms with van der Waals surface area (Å²) in [6.45, 7) is 2.36. The first kappa shape index (κ1) is 13.5. The molecule has 0 radical (unpaired) electrons. The monoisotopic (exact) mass is 218 g/mol. The molecule has 0 aliphatic rings. The van der Waals surface area contributed by atoms with Crippen LogP contribution in [0.4, 0.5) is 0 Å². The minimum absolute atomic E-state index is 0.237. The van der Waals surface area contributed by atoms with E-state index in [1.54, 1.807) is 0 Å². The van der Waals surface area contributed by atoms with Crippen LogP contribution in [0.1, 0.15) is 39.0 Å². The summed E-state index contributed by atoms with van der Waals surface area (Å²) in [4.78, 5) is 0. The van der Waals surface area contributed by atoms with Gasteiger partial charge < -0.3 is 0 Å². The molecular weight excluding hydrogens is 200 g/mol. The molecule has 0 rings (SSSR count). The first-order valence-electron chi connectivity index (χ1n) is 4.86. The van der Waals surface area contributed by atoms with Crippen LogP contribution in [0.2, 0.25) is 0 Å². The molecule has 3 nitrogen and oxygen atoms in total. The maximum absolute atomic E-state index is 10.5. The Kier molecular flexibility index (Phi) is 7.54. The summed E-state index contributed by atoms with van der Waals surface area (Å²) in [6, 6.07) is 0. The fraction of sp³-hybridized carbons (Fsp3) is 0.800. The van der Waals surface area contributed by atoms with Gasteiger partial charge in [-0.2, -0.15) is 8.42 Å². The molecule has 82 valence electrons. The number of unbranched alkanes of at least 4 members (excludes halogenated alkanes) is 3. The van der Waals surface area contributed by atoms with E-state index in [0.29, 0.717) is 12.8 Å². The van der Waals surface area contributed by atoms with Crippen molar-refractivity contribution < 1.29 is 12.6 Å². The van der Waals surface area contributed by atoms with Crippen molar-refractivity contribution in [3.05, 3.63) is 0 Å². The molecule has 0 bridgehead atoms. The van der Waals surface area contributed by atoms with Gasteiger partial charge in [0.2, 0.25) is 0 Å². The van der Waals surface area contributed by atoms with Crippen LogP contribution in [0.5, 0.6) is 0 Å². The standard InChI is InChI=1S/C10H18O3S/c1-3-4-5-6-7-8-9-10-13-14(2,11)12/h3-5,8-10H2,1-2H3. The van der Waals surface area contributed by atoms with Crippen molar-refractivity contribution in [2.75, 3.05) is 12.9 Å². The second-order valence-electron chi connectivity index (χ2n) is 3.09. The Morgan fingerprint density at radius 2 is 1.71 bits per heavy atom. The Morgan fingerprint density at radius 3 is 2.21 bits per heavy atom. The van der Waals surface area contributed by atoms with Crippen LogP contribution in [-0.2, 0) is 14.3 Å². The molecule has 14 heavy (non-hydrogen) atoms. The lowest BCUT2D eigenvalue weighted by Gasteiger charge is -1.96. The van der Waals surface area contributed by atoms with E-state index in [-0.39, 0.29) is 6.61 Å². The average molecular weight is 218 g/mol. The summed E-state index contributed by atoms with van der Waals surface area (Å²) >= 11 is 0. The third kappa shape index (κ3) is 11.5. The van der Waals surface area contributed by atoms with Crippen molar-refractivity contribution in [2.45, 2.75) is 39.0 Å². The van der Waals surface area contributed by atoms with E-state index in [2.05, 4.69) is 22.9 Å². The highest BCUT2D eigenvalue weighted by molar-refractivity contribution is 7.85. The van der Waals surface area contributed by atoms with Crippen molar-refractivity contribution in [1.82, 2.24) is 0 Å². The van der Waals surface area contributed by atoms with E-state index in [0.717, 1.165) is 25.5 Å². The third-order valence-electron chi connectivity index (χ3n) is 1.52. The molecule has 0 fully saturated rings. The zero-order valence-electron chi connectivity index (χ0n) is 8.88. The normalized spacial score (nSPS) is 10.7. The lowest BCUT2D eigenvalue weighted by molar-refractivity contribution is 0.317. The summed E-state index contributed by atoms with van der Waals surface area (Å²) < 4.78 is 25.7. The van der Waals surface area contributed by atoms with E-state index in [4.69, 9.17) is 0 Å². The Labute approximate surface area is 87.0 Å². The maximum atomic E-state index is 10.5. The molecule has 0 atom stereocenters. The highest BCUT2D eigenvalue weighted by atomic mass is 32.2. The van der Waals surface area contributed by atoms with Crippen molar-refractivity contribution in [2.24, 2.45) is 0 Å². The zero-order chi connectivity index (χ0) is 10.9. The molecule has 0 saturated heterocycles. The topological polar surface area (TPSA) is 43.4 Å². The molecule has 0 amide bonds. The van der Waals surface area contributed by atoms with Crippen molar-refractivity contribution in [1.29, 1.82) is 0 Å². The second-order valence-corrected chi connectivity index (χ2v) is 4.73. The molecular formula is C10H18O3S. The van der Waals surface area contributed by atoms with E-state index in [1.807, 2.05) is 0 Å². The van der Waals surface area contributed by atoms with E-state index in [9.17, 15) is 8.42 Å². The Hall–Kier alpha value is -0.530. The minimum Gasteiger partial charge on any atom is -0.270 e. The lowest BCUT2D eigenvalue weighted by atomic mass is 10.2. The fourth-order valence-corrected chi connectivity index (χ4v) is 1.23. The van der Waals surface area contributed by atoms with Gasteiger partial charge in [-0.05, 0) is 12.8 Å². The largest absolute Gasteiger partial charge is 0.270 e. The van der Waals surface area contributed by atoms with Crippen LogP contribution in [0, 0.1) is 11.8 Å². The molecule has 0 aromatic heterocycles. The van der Waals surface area contributed by atoms with Gasteiger partial charge >= 0.3 is 0 Å². The smallest absolute Gasteiger partial charge is 0.264 e. The molecule has 0 aliphatic heterocycles. The minimum atomic E-state index is -3.27. The van der Waals surface area contributed by atoms with Gasteiger partial charge in [0.05, 0.1) is 12.9 Å². The summed E-state index contributed by atoms with van der Waals surface area (Å²) in [7, 11) is -3.27. The highest BCUT2D eigenvalue weighted by Gasteiger charge is 1.98. The van der Waals surface area contributed by atoms with Gasteiger partial charge in [0.25, 0.3) is 10.1 Å². The van der Waals surface area contributed by atoms with Crippen LogP contribution in [-0.4, -0.2) is 21.3 Å². The predicted octanol–water partition coefficient (Wildman–Crippen LogP) is 1.94. The SMILES string of the molecule is CCCCC#CCCCOS(C)(=O)=O. The molecule has 0 aromatic rings. The molecule has 0 spiro atoms. The lowest BCUT2D eigenvalue weighted by Crippen LogP contribution is -2.03. The Balaban J connectivity index is 3.32. The quantitative estimate of drug-likeness (QED) is 0.389. The van der Waals surface area contributed by atoms with Crippen LogP contribution < -0.4 is 0 Å². The Morgan fingerprint density at radius 1 is 1.14 bits per heavy atom. The number of rotatable bonds is 6. The van der Waals surface area contributed by atoms with E-state index in [1.165, 1.54) is 0 Å². The highest BCUT2D eigenvalue weighted by Crippen LogP contribution is 1.94. The predicted molar refractivity (Wildman–Crippen MR) is 57.3 cm³/mol. The first-order chi connectivity index (χ1) is 6.56. The van der Waals surface area contributed by atoms with Gasteiger partial charge in [-0.1, -0.05) is 13.3 Å². The van der Waals surface area contributed by atoms with Crippen LogP contribution >= 0.6 is 0 Å². The van der Waals surface area contributed by atoms with Crippen LogP contribution in [0.15, 0.2) is 0 Å². The number of hydrogen-bond acceptors (Lipinski definition) is 3.